The van der Waals surface area contributed by atoms with Gasteiger partial charge in [0.1, 0.15) is 11.6 Å². The Morgan fingerprint density at radius 3 is 2.70 bits per heavy atom. The number of rotatable bonds is 3. The SMILES string of the molecule is O=CNc1cc(F)cc(/C=C2\c3ccc(F)cc3CCc3ncccc32)c1. The molecule has 0 unspecified atom stereocenters. The van der Waals surface area contributed by atoms with E-state index in [0.29, 0.717) is 30.5 Å². The monoisotopic (exact) mass is 362 g/mol. The summed E-state index contributed by atoms with van der Waals surface area (Å²) in [5.41, 5.74) is 5.48. The molecule has 27 heavy (non-hydrogen) atoms. The number of amides is 1. The van der Waals surface area contributed by atoms with Gasteiger partial charge in [0, 0.05) is 23.1 Å². The van der Waals surface area contributed by atoms with E-state index in [1.807, 2.05) is 18.2 Å². The van der Waals surface area contributed by atoms with Crippen LogP contribution in [0.4, 0.5) is 14.5 Å². The Hall–Kier alpha value is -3.34. The van der Waals surface area contributed by atoms with E-state index in [1.165, 1.54) is 18.2 Å². The van der Waals surface area contributed by atoms with E-state index in [4.69, 9.17) is 0 Å². The summed E-state index contributed by atoms with van der Waals surface area (Å²) in [6, 6.07) is 12.9. The van der Waals surface area contributed by atoms with Crippen LogP contribution in [0.2, 0.25) is 0 Å². The van der Waals surface area contributed by atoms with Crippen LogP contribution in [0.3, 0.4) is 0 Å². The summed E-state index contributed by atoms with van der Waals surface area (Å²) in [5.74, 6) is -0.733. The lowest BCUT2D eigenvalue weighted by atomic mass is 9.93. The molecule has 0 saturated heterocycles. The minimum absolute atomic E-state index is 0.282. The molecule has 5 heteroatoms. The maximum atomic E-state index is 14.0. The lowest BCUT2D eigenvalue weighted by molar-refractivity contribution is -0.105. The summed E-state index contributed by atoms with van der Waals surface area (Å²) in [7, 11) is 0. The number of benzene rings is 2. The third-order valence-corrected chi connectivity index (χ3v) is 4.63. The minimum atomic E-state index is -0.451. The van der Waals surface area contributed by atoms with Gasteiger partial charge >= 0.3 is 0 Å². The number of aromatic nitrogens is 1. The molecule has 3 nitrogen and oxygen atoms in total. The van der Waals surface area contributed by atoms with Gasteiger partial charge in [0.25, 0.3) is 0 Å². The van der Waals surface area contributed by atoms with Crippen molar-refractivity contribution in [3.8, 4) is 0 Å². The number of carbonyl (C=O) groups excluding carboxylic acids is 1. The van der Waals surface area contributed by atoms with Gasteiger partial charge in [-0.3, -0.25) is 9.78 Å². The Bertz CT molecular complexity index is 1060. The standard InChI is InChI=1S/C22H16F2N2O/c23-16-4-5-19-15(11-16)3-6-22-20(2-1-7-25-22)21(19)10-14-8-17(24)12-18(9-14)26-13-27/h1-2,4-5,7-13H,3,6H2,(H,26,27)/b21-10+. The van der Waals surface area contributed by atoms with Crippen LogP contribution < -0.4 is 5.32 Å². The largest absolute Gasteiger partial charge is 0.329 e. The summed E-state index contributed by atoms with van der Waals surface area (Å²) in [6.07, 6.45) is 5.47. The van der Waals surface area contributed by atoms with Gasteiger partial charge in [-0.05, 0) is 77.6 Å². The summed E-state index contributed by atoms with van der Waals surface area (Å²) in [6.45, 7) is 0. The summed E-state index contributed by atoms with van der Waals surface area (Å²) < 4.78 is 27.8. The molecule has 0 atom stereocenters. The number of hydrogen-bond acceptors (Lipinski definition) is 2. The highest BCUT2D eigenvalue weighted by Gasteiger charge is 2.19. The lowest BCUT2D eigenvalue weighted by Gasteiger charge is -2.12. The van der Waals surface area contributed by atoms with Crippen LogP contribution in [-0.4, -0.2) is 11.4 Å². The molecule has 1 aromatic heterocycles. The Labute approximate surface area is 155 Å². The number of hydrogen-bond donors (Lipinski definition) is 1. The third-order valence-electron chi connectivity index (χ3n) is 4.63. The highest BCUT2D eigenvalue weighted by molar-refractivity contribution is 5.94. The third kappa shape index (κ3) is 3.49. The number of fused-ring (bicyclic) bond motifs is 2. The highest BCUT2D eigenvalue weighted by atomic mass is 19.1. The van der Waals surface area contributed by atoms with E-state index < -0.39 is 5.82 Å². The molecule has 0 radical (unpaired) electrons. The number of halogens is 2. The maximum absolute atomic E-state index is 14.0. The number of nitrogens with one attached hydrogen (secondary N) is 1. The first-order valence-corrected chi connectivity index (χ1v) is 8.59. The molecule has 3 aromatic rings. The first kappa shape index (κ1) is 17.1. The van der Waals surface area contributed by atoms with Crippen molar-refractivity contribution < 1.29 is 13.6 Å². The van der Waals surface area contributed by atoms with Crippen molar-refractivity contribution >= 4 is 23.7 Å². The van der Waals surface area contributed by atoms with Crippen molar-refractivity contribution in [3.63, 3.8) is 0 Å². The molecule has 0 bridgehead atoms. The average molecular weight is 362 g/mol. The summed E-state index contributed by atoms with van der Waals surface area (Å²) >= 11 is 0. The average Bonchev–Trinajstić information content (AvgIpc) is 2.79. The zero-order chi connectivity index (χ0) is 18.8. The van der Waals surface area contributed by atoms with Gasteiger partial charge in [0.2, 0.25) is 6.41 Å². The van der Waals surface area contributed by atoms with E-state index in [0.717, 1.165) is 28.0 Å². The second-order valence-corrected chi connectivity index (χ2v) is 6.39. The van der Waals surface area contributed by atoms with E-state index in [-0.39, 0.29) is 5.82 Å². The second-order valence-electron chi connectivity index (χ2n) is 6.39. The van der Waals surface area contributed by atoms with E-state index in [9.17, 15) is 13.6 Å². The number of aryl methyl sites for hydroxylation is 2. The van der Waals surface area contributed by atoms with Gasteiger partial charge < -0.3 is 5.32 Å². The second kappa shape index (κ2) is 7.11. The van der Waals surface area contributed by atoms with Crippen molar-refractivity contribution in [2.45, 2.75) is 12.8 Å². The van der Waals surface area contributed by atoms with Crippen LogP contribution in [0.15, 0.2) is 54.7 Å². The topological polar surface area (TPSA) is 42.0 Å². The van der Waals surface area contributed by atoms with Gasteiger partial charge in [-0.15, -0.1) is 0 Å². The van der Waals surface area contributed by atoms with Crippen LogP contribution in [0.1, 0.15) is 27.9 Å². The predicted octanol–water partition coefficient (Wildman–Crippen LogP) is 4.62. The van der Waals surface area contributed by atoms with Crippen LogP contribution >= 0.6 is 0 Å². The number of nitrogens with zero attached hydrogens (tertiary/aromatic N) is 1. The normalized spacial score (nSPS) is 14.2. The minimum Gasteiger partial charge on any atom is -0.329 e. The van der Waals surface area contributed by atoms with E-state index in [1.54, 1.807) is 24.4 Å². The fourth-order valence-corrected chi connectivity index (χ4v) is 3.48. The smallest absolute Gasteiger partial charge is 0.211 e. The molecule has 134 valence electrons. The van der Waals surface area contributed by atoms with Crippen molar-refractivity contribution in [1.29, 1.82) is 0 Å². The highest BCUT2D eigenvalue weighted by Crippen LogP contribution is 2.34. The maximum Gasteiger partial charge on any atom is 0.211 e. The molecule has 1 amide bonds. The molecule has 4 rings (SSSR count). The fourth-order valence-electron chi connectivity index (χ4n) is 3.48. The fraction of sp³-hybridized carbons (Fsp3) is 0.0909. The van der Waals surface area contributed by atoms with Gasteiger partial charge in [0.15, 0.2) is 0 Å². The summed E-state index contributed by atoms with van der Waals surface area (Å²) in [5, 5.41) is 2.47. The van der Waals surface area contributed by atoms with Crippen molar-refractivity contribution in [2.24, 2.45) is 0 Å². The van der Waals surface area contributed by atoms with Gasteiger partial charge in [-0.2, -0.15) is 0 Å². The van der Waals surface area contributed by atoms with Crippen LogP contribution in [-0.2, 0) is 17.6 Å². The molecule has 0 spiro atoms. The van der Waals surface area contributed by atoms with Crippen molar-refractivity contribution in [1.82, 2.24) is 4.98 Å². The molecule has 1 N–H and O–H groups in total. The molecule has 0 saturated carbocycles. The number of anilines is 1. The molecular weight excluding hydrogens is 346 g/mol. The first-order chi connectivity index (χ1) is 13.1. The van der Waals surface area contributed by atoms with Crippen LogP contribution in [0.25, 0.3) is 11.6 Å². The molecule has 1 aliphatic carbocycles. The molecule has 0 aliphatic heterocycles. The van der Waals surface area contributed by atoms with Crippen molar-refractivity contribution in [3.05, 3.63) is 94.3 Å². The van der Waals surface area contributed by atoms with Gasteiger partial charge in [0.05, 0.1) is 0 Å². The van der Waals surface area contributed by atoms with Gasteiger partial charge in [-0.25, -0.2) is 8.78 Å². The zero-order valence-electron chi connectivity index (χ0n) is 14.4. The van der Waals surface area contributed by atoms with E-state index in [2.05, 4.69) is 10.3 Å². The van der Waals surface area contributed by atoms with Crippen molar-refractivity contribution in [2.75, 3.05) is 5.32 Å². The Morgan fingerprint density at radius 2 is 1.85 bits per heavy atom. The molecule has 0 fully saturated rings. The Kier molecular flexibility index (Phi) is 4.50. The molecule has 1 heterocycles. The van der Waals surface area contributed by atoms with Crippen LogP contribution in [0.5, 0.6) is 0 Å². The van der Waals surface area contributed by atoms with Gasteiger partial charge in [-0.1, -0.05) is 12.1 Å². The quantitative estimate of drug-likeness (QED) is 0.691. The number of pyridine rings is 1. The molecular formula is C22H16F2N2O. The number of carbonyl (C=O) groups is 1. The molecule has 1 aliphatic rings. The van der Waals surface area contributed by atoms with Crippen LogP contribution in [0, 0.1) is 11.6 Å². The Morgan fingerprint density at radius 1 is 0.963 bits per heavy atom. The zero-order valence-corrected chi connectivity index (χ0v) is 14.4. The predicted molar refractivity (Wildman–Crippen MR) is 101 cm³/mol. The Balaban J connectivity index is 1.93. The first-order valence-electron chi connectivity index (χ1n) is 8.59. The molecule has 2 aromatic carbocycles. The van der Waals surface area contributed by atoms with E-state index >= 15 is 0 Å². The lowest BCUT2D eigenvalue weighted by Crippen LogP contribution is -1.97. The summed E-state index contributed by atoms with van der Waals surface area (Å²) in [4.78, 5) is 15.2.